The molecule has 292 valence electrons. The Morgan fingerprint density at radius 1 is 0.909 bits per heavy atom. The van der Waals surface area contributed by atoms with Gasteiger partial charge in [-0.05, 0) is 87.5 Å². The third kappa shape index (κ3) is 10.7. The third-order valence-electron chi connectivity index (χ3n) is 9.47. The van der Waals surface area contributed by atoms with Crippen LogP contribution in [0.2, 0.25) is 0 Å². The zero-order chi connectivity index (χ0) is 39.0. The molecule has 4 atom stereocenters. The Bertz CT molecular complexity index is 1930. The van der Waals surface area contributed by atoms with E-state index in [-0.39, 0.29) is 25.2 Å². The van der Waals surface area contributed by atoms with Gasteiger partial charge in [0.15, 0.2) is 5.79 Å². The first-order valence-corrected chi connectivity index (χ1v) is 18.8. The molecule has 2 aliphatic rings. The number of benzene rings is 4. The number of amides is 1. The normalized spacial score (nSPS) is 20.9. The van der Waals surface area contributed by atoms with Crippen LogP contribution in [-0.2, 0) is 30.3 Å². The lowest BCUT2D eigenvalue weighted by Crippen LogP contribution is -2.55. The number of piperidine rings is 1. The van der Waals surface area contributed by atoms with Crippen LogP contribution < -0.4 is 14.2 Å². The van der Waals surface area contributed by atoms with Crippen molar-refractivity contribution in [3.63, 3.8) is 0 Å². The highest BCUT2D eigenvalue weighted by Crippen LogP contribution is 2.36. The summed E-state index contributed by atoms with van der Waals surface area (Å²) in [6.45, 7) is 11.8. The maximum Gasteiger partial charge on any atom is 0.410 e. The Kier molecular flexibility index (Phi) is 12.8. The number of fused-ring (bicyclic) bond motifs is 1. The van der Waals surface area contributed by atoms with E-state index >= 15 is 0 Å². The first-order chi connectivity index (χ1) is 26.4. The molecule has 6 rings (SSSR count). The summed E-state index contributed by atoms with van der Waals surface area (Å²) in [5.74, 6) is 1.10. The van der Waals surface area contributed by atoms with Crippen molar-refractivity contribution in [3.8, 4) is 23.3 Å². The zero-order valence-corrected chi connectivity index (χ0v) is 32.6. The van der Waals surface area contributed by atoms with Gasteiger partial charge < -0.3 is 42.8 Å². The molecule has 2 aliphatic heterocycles. The van der Waals surface area contributed by atoms with Crippen LogP contribution >= 0.6 is 0 Å². The monoisotopic (exact) mass is 752 g/mol. The molecule has 2 saturated heterocycles. The van der Waals surface area contributed by atoms with Gasteiger partial charge in [0.2, 0.25) is 0 Å². The summed E-state index contributed by atoms with van der Waals surface area (Å²) in [4.78, 5) is 15.3. The summed E-state index contributed by atoms with van der Waals surface area (Å²) in [6, 6.07) is 29.5. The van der Waals surface area contributed by atoms with Crippen molar-refractivity contribution in [1.82, 2.24) is 4.90 Å². The SMILES string of the molecule is COc1cc(CO[C@H]2CN(C(=O)OC(C)(C)C)C[C@@H](OC[C@H]3COC(C)(C)O3)[C@@H]2c2ccc(OCCCOc3ccccc3C#N)cc2)cc2ccccc12. The van der Waals surface area contributed by atoms with Crippen LogP contribution in [0.15, 0.2) is 84.9 Å². The van der Waals surface area contributed by atoms with Gasteiger partial charge in [-0.15, -0.1) is 0 Å². The number of likely N-dealkylation sites (tertiary alicyclic amines) is 1. The fraction of sp³-hybridized carbons (Fsp3) is 0.455. The Hall–Kier alpha value is -4.86. The Balaban J connectivity index is 1.21. The Labute approximate surface area is 323 Å². The van der Waals surface area contributed by atoms with Crippen LogP contribution in [-0.4, -0.2) is 87.3 Å². The van der Waals surface area contributed by atoms with Crippen LogP contribution in [0.25, 0.3) is 10.8 Å². The molecular formula is C44H52N2O9. The van der Waals surface area contributed by atoms with E-state index in [1.54, 1.807) is 24.1 Å². The Morgan fingerprint density at radius 2 is 1.62 bits per heavy atom. The van der Waals surface area contributed by atoms with Crippen molar-refractivity contribution >= 4 is 16.9 Å². The van der Waals surface area contributed by atoms with Gasteiger partial charge in [0.25, 0.3) is 0 Å². The summed E-state index contributed by atoms with van der Waals surface area (Å²) in [6.07, 6.45) is -0.957. The number of nitriles is 1. The van der Waals surface area contributed by atoms with E-state index in [2.05, 4.69) is 18.2 Å². The van der Waals surface area contributed by atoms with Gasteiger partial charge in [0, 0.05) is 17.7 Å². The minimum Gasteiger partial charge on any atom is -0.496 e. The molecular weight excluding hydrogens is 700 g/mol. The summed E-state index contributed by atoms with van der Waals surface area (Å²) in [7, 11) is 1.67. The van der Waals surface area contributed by atoms with Gasteiger partial charge in [0.05, 0.1) is 71.0 Å². The summed E-state index contributed by atoms with van der Waals surface area (Å²) < 4.78 is 48.8. The molecule has 0 spiro atoms. The van der Waals surface area contributed by atoms with Crippen molar-refractivity contribution in [2.45, 2.75) is 83.3 Å². The number of nitrogens with zero attached hydrogens (tertiary/aromatic N) is 2. The van der Waals surface area contributed by atoms with Crippen LogP contribution in [0, 0.1) is 11.3 Å². The van der Waals surface area contributed by atoms with E-state index in [1.807, 2.05) is 95.3 Å². The number of methoxy groups -OCH3 is 1. The van der Waals surface area contributed by atoms with Gasteiger partial charge in [-0.3, -0.25) is 0 Å². The van der Waals surface area contributed by atoms with Gasteiger partial charge >= 0.3 is 6.09 Å². The van der Waals surface area contributed by atoms with Crippen molar-refractivity contribution in [2.24, 2.45) is 0 Å². The minimum absolute atomic E-state index is 0.251. The number of hydrogen-bond donors (Lipinski definition) is 0. The smallest absolute Gasteiger partial charge is 0.410 e. The highest BCUT2D eigenvalue weighted by Gasteiger charge is 2.43. The molecule has 55 heavy (non-hydrogen) atoms. The maximum absolute atomic E-state index is 13.6. The van der Waals surface area contributed by atoms with Crippen LogP contribution in [0.3, 0.4) is 0 Å². The molecule has 4 aromatic carbocycles. The molecule has 11 nitrogen and oxygen atoms in total. The first kappa shape index (κ1) is 39.8. The molecule has 0 radical (unpaired) electrons. The van der Waals surface area contributed by atoms with E-state index in [1.165, 1.54) is 0 Å². The lowest BCUT2D eigenvalue weighted by atomic mass is 9.84. The fourth-order valence-electron chi connectivity index (χ4n) is 6.96. The Morgan fingerprint density at radius 3 is 2.33 bits per heavy atom. The maximum atomic E-state index is 13.6. The van der Waals surface area contributed by atoms with Crippen molar-refractivity contribution in [2.75, 3.05) is 46.6 Å². The van der Waals surface area contributed by atoms with Crippen LogP contribution in [0.4, 0.5) is 4.79 Å². The van der Waals surface area contributed by atoms with Crippen LogP contribution in [0.5, 0.6) is 17.2 Å². The van der Waals surface area contributed by atoms with E-state index in [4.69, 9.17) is 37.9 Å². The quantitative estimate of drug-likeness (QED) is 0.117. The molecule has 4 aromatic rings. The van der Waals surface area contributed by atoms with Crippen molar-refractivity contribution in [3.05, 3.63) is 102 Å². The number of para-hydroxylation sites is 1. The fourth-order valence-corrected chi connectivity index (χ4v) is 6.96. The highest BCUT2D eigenvalue weighted by atomic mass is 16.7. The van der Waals surface area contributed by atoms with Gasteiger partial charge in [-0.1, -0.05) is 48.5 Å². The number of hydrogen-bond acceptors (Lipinski definition) is 10. The van der Waals surface area contributed by atoms with Crippen molar-refractivity contribution < 1.29 is 42.7 Å². The van der Waals surface area contributed by atoms with E-state index < -0.39 is 29.7 Å². The average molecular weight is 753 g/mol. The van der Waals surface area contributed by atoms with Crippen molar-refractivity contribution in [1.29, 1.82) is 5.26 Å². The number of carbonyl (C=O) groups excluding carboxylic acids is 1. The number of ether oxygens (including phenoxy) is 8. The molecule has 2 heterocycles. The minimum atomic E-state index is -0.696. The highest BCUT2D eigenvalue weighted by molar-refractivity contribution is 5.89. The lowest BCUT2D eigenvalue weighted by molar-refractivity contribution is -0.154. The predicted octanol–water partition coefficient (Wildman–Crippen LogP) is 8.02. The van der Waals surface area contributed by atoms with E-state index in [9.17, 15) is 10.1 Å². The summed E-state index contributed by atoms with van der Waals surface area (Å²) >= 11 is 0. The molecule has 0 saturated carbocycles. The van der Waals surface area contributed by atoms with E-state index in [0.29, 0.717) is 56.4 Å². The largest absolute Gasteiger partial charge is 0.496 e. The number of carbonyl (C=O) groups is 1. The average Bonchev–Trinajstić information content (AvgIpc) is 3.53. The molecule has 1 amide bonds. The second-order valence-corrected chi connectivity index (χ2v) is 15.3. The molecule has 0 bridgehead atoms. The molecule has 0 aromatic heterocycles. The van der Waals surface area contributed by atoms with Crippen LogP contribution in [0.1, 0.15) is 63.6 Å². The van der Waals surface area contributed by atoms with Gasteiger partial charge in [-0.2, -0.15) is 5.26 Å². The summed E-state index contributed by atoms with van der Waals surface area (Å²) in [5, 5.41) is 11.4. The van der Waals surface area contributed by atoms with Gasteiger partial charge in [-0.25, -0.2) is 4.79 Å². The molecule has 11 heteroatoms. The molecule has 0 unspecified atom stereocenters. The van der Waals surface area contributed by atoms with E-state index in [0.717, 1.165) is 27.6 Å². The second kappa shape index (κ2) is 17.7. The molecule has 0 N–H and O–H groups in total. The standard InChI is InChI=1S/C44H52N2O9/c1-43(2,3)55-42(47)46-25-39(51-27-30-22-32-12-7-9-14-36(32)38(23-30)48-6)41(40(26-46)52-28-35-29-53-44(4,5)54-35)31-16-18-34(19-17-31)49-20-11-21-50-37-15-10-8-13-33(37)24-45/h7-10,12-19,22-23,35,39-41H,11,20-21,25-29H2,1-6H3/t35-,39-,40+,41+/m0/s1. The first-order valence-electron chi connectivity index (χ1n) is 18.8. The zero-order valence-electron chi connectivity index (χ0n) is 32.6. The molecule has 2 fully saturated rings. The third-order valence-corrected chi connectivity index (χ3v) is 9.47. The van der Waals surface area contributed by atoms with Gasteiger partial charge in [0.1, 0.15) is 35.0 Å². The number of rotatable bonds is 14. The predicted molar refractivity (Wildman–Crippen MR) is 207 cm³/mol. The second-order valence-electron chi connectivity index (χ2n) is 15.3. The summed E-state index contributed by atoms with van der Waals surface area (Å²) in [5.41, 5.74) is 1.77. The lowest BCUT2D eigenvalue weighted by Gasteiger charge is -2.44. The topological polar surface area (TPSA) is 118 Å². The molecule has 0 aliphatic carbocycles.